The molecule has 1 aromatic rings. The highest BCUT2D eigenvalue weighted by Crippen LogP contribution is 2.37. The lowest BCUT2D eigenvalue weighted by molar-refractivity contribution is -0.142. The average molecular weight is 298 g/mol. The van der Waals surface area contributed by atoms with Crippen LogP contribution in [0.25, 0.3) is 0 Å². The molecule has 0 amide bonds. The monoisotopic (exact) mass is 298 g/mol. The van der Waals surface area contributed by atoms with E-state index in [2.05, 4.69) is 9.47 Å². The fraction of sp³-hybridized carbons (Fsp3) is 0.417. The van der Waals surface area contributed by atoms with E-state index in [0.29, 0.717) is 0 Å². The first-order valence-corrected chi connectivity index (χ1v) is 5.46. The Morgan fingerprint density at radius 3 is 2.45 bits per heavy atom. The topological polar surface area (TPSA) is 35.5 Å². The molecule has 0 aromatic heterocycles. The lowest BCUT2D eigenvalue weighted by atomic mass is 10.0. The summed E-state index contributed by atoms with van der Waals surface area (Å²) in [5.74, 6) is -1.34. The first-order chi connectivity index (χ1) is 9.25. The van der Waals surface area contributed by atoms with E-state index in [-0.39, 0.29) is 6.42 Å². The summed E-state index contributed by atoms with van der Waals surface area (Å²) in [5.41, 5.74) is -1.61. The van der Waals surface area contributed by atoms with Crippen LogP contribution in [0, 0.1) is 0 Å². The molecule has 0 aliphatic heterocycles. The molecule has 0 fully saturated rings. The number of alkyl halides is 5. The number of carbonyl (C=O) groups excluding carboxylic acids is 1. The summed E-state index contributed by atoms with van der Waals surface area (Å²) >= 11 is 0. The summed E-state index contributed by atoms with van der Waals surface area (Å²) in [6.07, 6.45) is -5.51. The van der Waals surface area contributed by atoms with Crippen LogP contribution in [-0.4, -0.2) is 19.7 Å². The first kappa shape index (κ1) is 16.2. The second kappa shape index (κ2) is 6.53. The van der Waals surface area contributed by atoms with E-state index < -0.39 is 42.1 Å². The van der Waals surface area contributed by atoms with Gasteiger partial charge in [-0.05, 0) is 18.6 Å². The van der Waals surface area contributed by atoms with Crippen molar-refractivity contribution in [2.45, 2.75) is 25.6 Å². The van der Waals surface area contributed by atoms with Crippen LogP contribution in [-0.2, 0) is 22.1 Å². The van der Waals surface area contributed by atoms with Gasteiger partial charge in [0.2, 0.25) is 0 Å². The van der Waals surface area contributed by atoms with Gasteiger partial charge in [-0.25, -0.2) is 0 Å². The summed E-state index contributed by atoms with van der Waals surface area (Å²) < 4.78 is 71.2. The number of carbonyl (C=O) groups is 1. The molecule has 0 aliphatic carbocycles. The number of hydrogen-bond donors (Lipinski definition) is 0. The zero-order valence-electron chi connectivity index (χ0n) is 10.3. The molecule has 0 saturated carbocycles. The maximum atomic E-state index is 12.8. The van der Waals surface area contributed by atoms with E-state index >= 15 is 0 Å². The van der Waals surface area contributed by atoms with E-state index in [0.717, 1.165) is 25.3 Å². The number of rotatable bonds is 5. The Morgan fingerprint density at radius 2 is 1.95 bits per heavy atom. The maximum Gasteiger partial charge on any atom is 0.416 e. The fourth-order valence-corrected chi connectivity index (χ4v) is 1.62. The van der Waals surface area contributed by atoms with E-state index in [1.54, 1.807) is 0 Å². The maximum absolute atomic E-state index is 12.8. The molecule has 112 valence electrons. The van der Waals surface area contributed by atoms with Crippen LogP contribution in [0.2, 0.25) is 0 Å². The summed E-state index contributed by atoms with van der Waals surface area (Å²) in [4.78, 5) is 11.0. The predicted octanol–water partition coefficient (Wildman–Crippen LogP) is 3.41. The van der Waals surface area contributed by atoms with Gasteiger partial charge in [-0.2, -0.15) is 22.0 Å². The van der Waals surface area contributed by atoms with Crippen molar-refractivity contribution in [2.75, 3.05) is 7.11 Å². The number of benzene rings is 1. The minimum Gasteiger partial charge on any atom is -0.469 e. The molecular weight excluding hydrogens is 287 g/mol. The van der Waals surface area contributed by atoms with Gasteiger partial charge in [0.25, 0.3) is 0 Å². The van der Waals surface area contributed by atoms with Crippen molar-refractivity contribution < 1.29 is 36.2 Å². The van der Waals surface area contributed by atoms with Gasteiger partial charge in [-0.15, -0.1) is 0 Å². The van der Waals surface area contributed by atoms with Crippen LogP contribution in [0.3, 0.4) is 0 Å². The van der Waals surface area contributed by atoms with E-state index in [4.69, 9.17) is 0 Å². The van der Waals surface area contributed by atoms with Gasteiger partial charge >= 0.3 is 18.8 Å². The third-order valence-electron chi connectivity index (χ3n) is 2.46. The first-order valence-electron chi connectivity index (χ1n) is 5.46. The van der Waals surface area contributed by atoms with Crippen LogP contribution in [0.4, 0.5) is 22.0 Å². The Balaban J connectivity index is 3.14. The van der Waals surface area contributed by atoms with Crippen LogP contribution in [0.1, 0.15) is 17.5 Å². The van der Waals surface area contributed by atoms with E-state index in [1.807, 2.05) is 0 Å². The zero-order valence-corrected chi connectivity index (χ0v) is 10.3. The molecule has 0 spiro atoms. The molecule has 0 unspecified atom stereocenters. The second-order valence-corrected chi connectivity index (χ2v) is 3.73. The minimum atomic E-state index is -4.73. The molecule has 0 heterocycles. The van der Waals surface area contributed by atoms with Gasteiger partial charge in [-0.3, -0.25) is 4.79 Å². The van der Waals surface area contributed by atoms with Gasteiger partial charge in [-0.1, -0.05) is 6.07 Å². The Bertz CT molecular complexity index is 471. The molecule has 3 nitrogen and oxygen atoms in total. The largest absolute Gasteiger partial charge is 0.469 e. The number of halogens is 5. The summed E-state index contributed by atoms with van der Waals surface area (Å²) in [6.45, 7) is -3.25. The minimum absolute atomic E-state index is 0.372. The van der Waals surface area contributed by atoms with Crippen molar-refractivity contribution in [3.05, 3.63) is 29.3 Å². The normalized spacial score (nSPS) is 11.6. The lowest BCUT2D eigenvalue weighted by Crippen LogP contribution is -2.14. The van der Waals surface area contributed by atoms with Crippen molar-refractivity contribution in [3.63, 3.8) is 0 Å². The highest BCUT2D eigenvalue weighted by molar-refractivity contribution is 5.69. The number of methoxy groups -OCH3 is 1. The number of hydrogen-bond acceptors (Lipinski definition) is 3. The van der Waals surface area contributed by atoms with Gasteiger partial charge in [0.15, 0.2) is 0 Å². The molecule has 1 rings (SSSR count). The average Bonchev–Trinajstić information content (AvgIpc) is 2.34. The quantitative estimate of drug-likeness (QED) is 0.617. The molecule has 0 saturated heterocycles. The second-order valence-electron chi connectivity index (χ2n) is 3.73. The standard InChI is InChI=1S/C12H11F5O3/c1-19-10(18)6-5-7-8(12(15,16)17)3-2-4-9(7)20-11(13)14/h2-4,11H,5-6H2,1H3. The smallest absolute Gasteiger partial charge is 0.416 e. The van der Waals surface area contributed by atoms with E-state index in [1.165, 1.54) is 0 Å². The van der Waals surface area contributed by atoms with Crippen LogP contribution in [0.15, 0.2) is 18.2 Å². The third-order valence-corrected chi connectivity index (χ3v) is 2.46. The van der Waals surface area contributed by atoms with Crippen molar-refractivity contribution >= 4 is 5.97 Å². The Kier molecular flexibility index (Phi) is 5.29. The Morgan fingerprint density at radius 1 is 1.30 bits per heavy atom. The van der Waals surface area contributed by atoms with Gasteiger partial charge in [0, 0.05) is 12.0 Å². The lowest BCUT2D eigenvalue weighted by Gasteiger charge is -2.16. The van der Waals surface area contributed by atoms with Gasteiger partial charge in [0.05, 0.1) is 12.7 Å². The summed E-state index contributed by atoms with van der Waals surface area (Å²) in [7, 11) is 1.08. The van der Waals surface area contributed by atoms with Gasteiger partial charge < -0.3 is 9.47 Å². The Labute approximate surface area is 111 Å². The molecule has 0 bridgehead atoms. The zero-order chi connectivity index (χ0) is 15.3. The molecule has 0 radical (unpaired) electrons. The van der Waals surface area contributed by atoms with Crippen LogP contribution < -0.4 is 4.74 Å². The molecule has 20 heavy (non-hydrogen) atoms. The van der Waals surface area contributed by atoms with Gasteiger partial charge in [0.1, 0.15) is 5.75 Å². The van der Waals surface area contributed by atoms with Crippen molar-refractivity contribution in [1.29, 1.82) is 0 Å². The molecule has 0 aliphatic rings. The van der Waals surface area contributed by atoms with Crippen molar-refractivity contribution in [1.82, 2.24) is 0 Å². The Hall–Kier alpha value is -1.86. The number of esters is 1. The molecule has 8 heteroatoms. The molecule has 1 aromatic carbocycles. The molecule has 0 atom stereocenters. The third kappa shape index (κ3) is 4.36. The van der Waals surface area contributed by atoms with Crippen LogP contribution >= 0.6 is 0 Å². The number of ether oxygens (including phenoxy) is 2. The van der Waals surface area contributed by atoms with Crippen LogP contribution in [0.5, 0.6) is 5.75 Å². The highest BCUT2D eigenvalue weighted by Gasteiger charge is 2.34. The summed E-state index contributed by atoms with van der Waals surface area (Å²) in [5, 5.41) is 0. The SMILES string of the molecule is COC(=O)CCc1c(OC(F)F)cccc1C(F)(F)F. The molecular formula is C12H11F5O3. The predicted molar refractivity (Wildman–Crippen MR) is 58.4 cm³/mol. The van der Waals surface area contributed by atoms with E-state index in [9.17, 15) is 26.7 Å². The summed E-state index contributed by atoms with van der Waals surface area (Å²) in [6, 6.07) is 2.70. The molecule has 0 N–H and O–H groups in total. The highest BCUT2D eigenvalue weighted by atomic mass is 19.4. The van der Waals surface area contributed by atoms with Crippen molar-refractivity contribution in [3.8, 4) is 5.75 Å². The van der Waals surface area contributed by atoms with Crippen molar-refractivity contribution in [2.24, 2.45) is 0 Å². The fourth-order valence-electron chi connectivity index (χ4n) is 1.62.